The fourth-order valence-corrected chi connectivity index (χ4v) is 7.53. The van der Waals surface area contributed by atoms with Gasteiger partial charge in [-0.25, -0.2) is 8.42 Å². The Kier molecular flexibility index (Phi) is 6.79. The summed E-state index contributed by atoms with van der Waals surface area (Å²) in [5.41, 5.74) is 1.79. The van der Waals surface area contributed by atoms with Crippen molar-refractivity contribution in [1.29, 1.82) is 0 Å². The Bertz CT molecular complexity index is 904. The fourth-order valence-electron chi connectivity index (χ4n) is 5.62. The molecule has 1 aliphatic carbocycles. The fraction of sp³-hybridized carbons (Fsp3) is 0.783. The molecule has 4 rings (SSSR count). The first-order valence-electron chi connectivity index (χ1n) is 12.0. The molecule has 8 heteroatoms. The molecule has 7 nitrogen and oxygen atoms in total. The van der Waals surface area contributed by atoms with Crippen molar-refractivity contribution in [3.8, 4) is 0 Å². The van der Waals surface area contributed by atoms with Gasteiger partial charge in [0, 0.05) is 63.7 Å². The summed E-state index contributed by atoms with van der Waals surface area (Å²) in [5, 5.41) is 0. The van der Waals surface area contributed by atoms with Crippen molar-refractivity contribution in [2.24, 2.45) is 7.05 Å². The van der Waals surface area contributed by atoms with E-state index in [1.807, 2.05) is 30.4 Å². The number of piperazine rings is 1. The van der Waals surface area contributed by atoms with Crippen LogP contribution < -0.4 is 0 Å². The molecule has 0 unspecified atom stereocenters. The zero-order chi connectivity index (χ0) is 22.2. The van der Waals surface area contributed by atoms with E-state index in [0.29, 0.717) is 43.5 Å². The third-order valence-electron chi connectivity index (χ3n) is 7.74. The van der Waals surface area contributed by atoms with Gasteiger partial charge in [-0.15, -0.1) is 0 Å². The lowest BCUT2D eigenvalue weighted by Gasteiger charge is -2.40. The summed E-state index contributed by atoms with van der Waals surface area (Å²) >= 11 is 0. The van der Waals surface area contributed by atoms with Gasteiger partial charge in [0.05, 0.1) is 5.56 Å². The molecular formula is C23H38N4O3S. The number of carbonyl (C=O) groups excluding carboxylic acids is 1. The van der Waals surface area contributed by atoms with E-state index in [9.17, 15) is 13.2 Å². The van der Waals surface area contributed by atoms with Gasteiger partial charge in [-0.3, -0.25) is 9.69 Å². The minimum Gasteiger partial charge on any atom is -0.350 e. The van der Waals surface area contributed by atoms with E-state index in [1.54, 1.807) is 4.31 Å². The Labute approximate surface area is 187 Å². The van der Waals surface area contributed by atoms with Crippen LogP contribution in [0, 0.1) is 13.8 Å². The second-order valence-corrected chi connectivity index (χ2v) is 11.4. The molecular weight excluding hydrogens is 412 g/mol. The molecule has 0 atom stereocenters. The van der Waals surface area contributed by atoms with Gasteiger partial charge in [0.25, 0.3) is 5.91 Å². The van der Waals surface area contributed by atoms with E-state index in [4.69, 9.17) is 0 Å². The maximum absolute atomic E-state index is 13.8. The lowest BCUT2D eigenvalue weighted by Crippen LogP contribution is -2.52. The van der Waals surface area contributed by atoms with Crippen LogP contribution in [0.1, 0.15) is 73.1 Å². The highest BCUT2D eigenvalue weighted by Crippen LogP contribution is 2.32. The number of nitrogens with zero attached hydrogens (tertiary/aromatic N) is 4. The topological polar surface area (TPSA) is 65.9 Å². The van der Waals surface area contributed by atoms with Crippen molar-refractivity contribution >= 4 is 15.9 Å². The number of sulfonamides is 1. The predicted molar refractivity (Wildman–Crippen MR) is 122 cm³/mol. The molecule has 3 fully saturated rings. The Morgan fingerprint density at radius 1 is 0.806 bits per heavy atom. The lowest BCUT2D eigenvalue weighted by molar-refractivity contribution is 0.0719. The molecule has 1 aromatic heterocycles. The Balaban J connectivity index is 1.58. The number of hydrogen-bond acceptors (Lipinski definition) is 4. The molecule has 0 radical (unpaired) electrons. The highest BCUT2D eigenvalue weighted by molar-refractivity contribution is 7.89. The third kappa shape index (κ3) is 4.31. The summed E-state index contributed by atoms with van der Waals surface area (Å²) in [6, 6.07) is 0.607. The number of hydrogen-bond donors (Lipinski definition) is 0. The van der Waals surface area contributed by atoms with Crippen LogP contribution in [0.3, 0.4) is 0 Å². The lowest BCUT2D eigenvalue weighted by atomic mass is 9.94. The molecule has 1 amide bonds. The monoisotopic (exact) mass is 450 g/mol. The molecule has 2 saturated heterocycles. The van der Waals surface area contributed by atoms with Crippen LogP contribution in [-0.4, -0.2) is 78.3 Å². The SMILES string of the molecule is Cc1c(C(=O)N2CCCCC2)c(S(=O)(=O)N2CCN(C3CCCCC3)CC2)c(C)n1C. The number of likely N-dealkylation sites (tertiary alicyclic amines) is 1. The predicted octanol–water partition coefficient (Wildman–Crippen LogP) is 2.91. The smallest absolute Gasteiger partial charge is 0.257 e. The molecule has 0 bridgehead atoms. The van der Waals surface area contributed by atoms with Crippen LogP contribution in [-0.2, 0) is 17.1 Å². The van der Waals surface area contributed by atoms with E-state index in [2.05, 4.69) is 4.90 Å². The second-order valence-electron chi connectivity index (χ2n) is 9.52. The van der Waals surface area contributed by atoms with Crippen molar-refractivity contribution in [2.75, 3.05) is 39.3 Å². The quantitative estimate of drug-likeness (QED) is 0.708. The van der Waals surface area contributed by atoms with Crippen LogP contribution in [0.25, 0.3) is 0 Å². The second kappa shape index (κ2) is 9.24. The normalized spacial score (nSPS) is 22.7. The highest BCUT2D eigenvalue weighted by Gasteiger charge is 2.38. The number of aromatic nitrogens is 1. The minimum atomic E-state index is -3.72. The summed E-state index contributed by atoms with van der Waals surface area (Å²) < 4.78 is 31.1. The van der Waals surface area contributed by atoms with E-state index in [-0.39, 0.29) is 10.8 Å². The molecule has 3 heterocycles. The first-order valence-corrected chi connectivity index (χ1v) is 13.5. The van der Waals surface area contributed by atoms with Crippen LogP contribution >= 0.6 is 0 Å². The third-order valence-corrected chi connectivity index (χ3v) is 9.80. The summed E-state index contributed by atoms with van der Waals surface area (Å²) in [6.07, 6.45) is 9.47. The first-order chi connectivity index (χ1) is 14.8. The standard InChI is InChI=1S/C23H38N4O3S/c1-18-21(23(28)26-12-8-5-9-13-26)22(19(2)24(18)3)31(29,30)27-16-14-25(15-17-27)20-10-6-4-7-11-20/h20H,4-17H2,1-3H3. The minimum absolute atomic E-state index is 0.125. The van der Waals surface area contributed by atoms with E-state index in [1.165, 1.54) is 32.1 Å². The average Bonchev–Trinajstić information content (AvgIpc) is 3.04. The van der Waals surface area contributed by atoms with Gasteiger partial charge in [-0.05, 0) is 46.0 Å². The van der Waals surface area contributed by atoms with Crippen LogP contribution in [0.5, 0.6) is 0 Å². The molecule has 1 aromatic rings. The van der Waals surface area contributed by atoms with E-state index in [0.717, 1.165) is 38.0 Å². The van der Waals surface area contributed by atoms with Gasteiger partial charge < -0.3 is 9.47 Å². The van der Waals surface area contributed by atoms with Crippen LogP contribution in [0.4, 0.5) is 0 Å². The molecule has 0 spiro atoms. The van der Waals surface area contributed by atoms with Gasteiger partial charge in [0.2, 0.25) is 10.0 Å². The number of amides is 1. The van der Waals surface area contributed by atoms with Crippen LogP contribution in [0.2, 0.25) is 0 Å². The molecule has 0 N–H and O–H groups in total. The summed E-state index contributed by atoms with van der Waals surface area (Å²) in [7, 11) is -1.87. The highest BCUT2D eigenvalue weighted by atomic mass is 32.2. The van der Waals surface area contributed by atoms with Gasteiger partial charge in [0.15, 0.2) is 0 Å². The molecule has 3 aliphatic rings. The number of carbonyl (C=O) groups is 1. The number of rotatable bonds is 4. The van der Waals surface area contributed by atoms with Gasteiger partial charge in [0.1, 0.15) is 4.90 Å². The summed E-state index contributed by atoms with van der Waals surface area (Å²) in [5.74, 6) is -0.125. The first kappa shape index (κ1) is 22.8. The molecule has 2 aliphatic heterocycles. The van der Waals surface area contributed by atoms with Gasteiger partial charge in [-0.1, -0.05) is 19.3 Å². The Morgan fingerprint density at radius 3 is 2.00 bits per heavy atom. The average molecular weight is 451 g/mol. The Hall–Kier alpha value is -1.38. The van der Waals surface area contributed by atoms with Crippen molar-refractivity contribution in [2.45, 2.75) is 76.2 Å². The van der Waals surface area contributed by atoms with E-state index >= 15 is 0 Å². The zero-order valence-corrected chi connectivity index (χ0v) is 20.2. The molecule has 1 saturated carbocycles. The Morgan fingerprint density at radius 2 is 1.39 bits per heavy atom. The maximum atomic E-state index is 13.8. The van der Waals surface area contributed by atoms with Crippen molar-refractivity contribution in [3.05, 3.63) is 17.0 Å². The molecule has 174 valence electrons. The molecule has 31 heavy (non-hydrogen) atoms. The summed E-state index contributed by atoms with van der Waals surface area (Å²) in [4.78, 5) is 18.0. The van der Waals surface area contributed by atoms with E-state index < -0.39 is 10.0 Å². The van der Waals surface area contributed by atoms with Crippen molar-refractivity contribution in [1.82, 2.24) is 18.7 Å². The van der Waals surface area contributed by atoms with Crippen molar-refractivity contribution < 1.29 is 13.2 Å². The largest absolute Gasteiger partial charge is 0.350 e. The van der Waals surface area contributed by atoms with Gasteiger partial charge in [-0.2, -0.15) is 4.31 Å². The number of piperidine rings is 1. The van der Waals surface area contributed by atoms with Gasteiger partial charge >= 0.3 is 0 Å². The van der Waals surface area contributed by atoms with Crippen LogP contribution in [0.15, 0.2) is 4.90 Å². The zero-order valence-electron chi connectivity index (χ0n) is 19.4. The maximum Gasteiger partial charge on any atom is 0.257 e. The molecule has 0 aromatic carbocycles. The summed E-state index contributed by atoms with van der Waals surface area (Å²) in [6.45, 7) is 7.69. The van der Waals surface area contributed by atoms with Crippen molar-refractivity contribution in [3.63, 3.8) is 0 Å².